The Morgan fingerprint density at radius 3 is 2.05 bits per heavy atom. The Balaban J connectivity index is 1.14. The summed E-state index contributed by atoms with van der Waals surface area (Å²) in [6.45, 7) is 6.74. The number of nitrogens with zero attached hydrogens (tertiary/aromatic N) is 3. The minimum absolute atomic E-state index is 0.190. The molecule has 3 heteroatoms. The molecule has 0 N–H and O–H groups in total. The van der Waals surface area contributed by atoms with Gasteiger partial charge in [0, 0.05) is 44.8 Å². The van der Waals surface area contributed by atoms with Gasteiger partial charge in [-0.25, -0.2) is 9.97 Å². The third-order valence-electron chi connectivity index (χ3n) is 11.3. The first-order chi connectivity index (χ1) is 27.0. The molecular formula is C52H39N3. The predicted octanol–water partition coefficient (Wildman–Crippen LogP) is 13.6. The first kappa shape index (κ1) is 32.8. The van der Waals surface area contributed by atoms with Crippen LogP contribution in [-0.2, 0) is 5.41 Å². The minimum atomic E-state index is -0.190. The lowest BCUT2D eigenvalue weighted by Crippen LogP contribution is -2.16. The lowest BCUT2D eigenvalue weighted by molar-refractivity contribution is 0.666. The second kappa shape index (κ2) is 12.9. The fourth-order valence-corrected chi connectivity index (χ4v) is 8.76. The highest BCUT2D eigenvalue weighted by atomic mass is 15.0. The molecule has 0 aliphatic heterocycles. The van der Waals surface area contributed by atoms with Crippen LogP contribution in [0.25, 0.3) is 89.6 Å². The molecule has 0 unspecified atom stereocenters. The first-order valence-electron chi connectivity index (χ1n) is 19.0. The van der Waals surface area contributed by atoms with Crippen molar-refractivity contribution in [2.45, 2.75) is 26.2 Å². The van der Waals surface area contributed by atoms with Crippen molar-refractivity contribution in [2.24, 2.45) is 0 Å². The zero-order valence-electron chi connectivity index (χ0n) is 31.2. The lowest BCUT2D eigenvalue weighted by atomic mass is 9.80. The Morgan fingerprint density at radius 2 is 1.24 bits per heavy atom. The van der Waals surface area contributed by atoms with E-state index in [0.717, 1.165) is 50.4 Å². The van der Waals surface area contributed by atoms with Crippen LogP contribution in [0, 0.1) is 0 Å². The highest BCUT2D eigenvalue weighted by molar-refractivity contribution is 6.04. The van der Waals surface area contributed by atoms with Gasteiger partial charge in [0.25, 0.3) is 0 Å². The Morgan fingerprint density at radius 1 is 0.545 bits per heavy atom. The quantitative estimate of drug-likeness (QED) is 0.172. The van der Waals surface area contributed by atoms with Crippen molar-refractivity contribution in [1.82, 2.24) is 14.5 Å². The molecule has 1 aliphatic carbocycles. The van der Waals surface area contributed by atoms with E-state index >= 15 is 0 Å². The Kier molecular flexibility index (Phi) is 7.71. The molecule has 1 aliphatic rings. The SMILES string of the molecule is C/C=C\c1ccccc1-c1cn(-c2ccccc2)c2ccc(-c3cccc(-c4nc(-c5ccccc5)c5c6c(ccc5n4)-c4ccccc4C6(C)C)c3)cc12. The lowest BCUT2D eigenvalue weighted by Gasteiger charge is -2.24. The Labute approximate surface area is 321 Å². The van der Waals surface area contributed by atoms with Crippen molar-refractivity contribution >= 4 is 27.9 Å². The first-order valence-corrected chi connectivity index (χ1v) is 19.0. The van der Waals surface area contributed by atoms with E-state index in [-0.39, 0.29) is 5.41 Å². The zero-order valence-corrected chi connectivity index (χ0v) is 31.2. The normalized spacial score (nSPS) is 13.1. The number of fused-ring (bicyclic) bond motifs is 6. The van der Waals surface area contributed by atoms with E-state index < -0.39 is 0 Å². The van der Waals surface area contributed by atoms with Crippen molar-refractivity contribution in [3.05, 3.63) is 193 Å². The molecule has 7 aromatic carbocycles. The van der Waals surface area contributed by atoms with Crippen molar-refractivity contribution < 1.29 is 0 Å². The Bertz CT molecular complexity index is 2950. The largest absolute Gasteiger partial charge is 0.316 e. The zero-order chi connectivity index (χ0) is 37.1. The van der Waals surface area contributed by atoms with Crippen LogP contribution >= 0.6 is 0 Å². The van der Waals surface area contributed by atoms with Gasteiger partial charge in [0.05, 0.1) is 16.7 Å². The summed E-state index contributed by atoms with van der Waals surface area (Å²) in [5.74, 6) is 0.721. The van der Waals surface area contributed by atoms with Crippen LogP contribution in [0.4, 0.5) is 0 Å². The molecular weight excluding hydrogens is 667 g/mol. The van der Waals surface area contributed by atoms with Gasteiger partial charge in [-0.3, -0.25) is 0 Å². The average Bonchev–Trinajstić information content (AvgIpc) is 3.73. The number of aromatic nitrogens is 3. The molecule has 0 saturated carbocycles. The maximum absolute atomic E-state index is 5.43. The van der Waals surface area contributed by atoms with Gasteiger partial charge in [-0.1, -0.05) is 153 Å². The summed E-state index contributed by atoms with van der Waals surface area (Å²) in [4.78, 5) is 10.7. The molecule has 55 heavy (non-hydrogen) atoms. The number of hydrogen-bond acceptors (Lipinski definition) is 2. The van der Waals surface area contributed by atoms with Crippen LogP contribution in [0.15, 0.2) is 176 Å². The molecule has 10 rings (SSSR count). The summed E-state index contributed by atoms with van der Waals surface area (Å²) in [7, 11) is 0. The Hall–Kier alpha value is -6.84. The summed E-state index contributed by atoms with van der Waals surface area (Å²) >= 11 is 0. The van der Waals surface area contributed by atoms with Gasteiger partial charge in [-0.2, -0.15) is 0 Å². The molecule has 262 valence electrons. The number of allylic oxidation sites excluding steroid dienone is 1. The molecule has 2 aromatic heterocycles. The molecule has 0 spiro atoms. The molecule has 0 amide bonds. The molecule has 0 radical (unpaired) electrons. The average molecular weight is 706 g/mol. The van der Waals surface area contributed by atoms with Crippen molar-refractivity contribution in [2.75, 3.05) is 0 Å². The van der Waals surface area contributed by atoms with E-state index in [2.05, 4.69) is 207 Å². The van der Waals surface area contributed by atoms with E-state index in [1.165, 1.54) is 49.8 Å². The van der Waals surface area contributed by atoms with E-state index in [1.54, 1.807) is 0 Å². The van der Waals surface area contributed by atoms with Crippen molar-refractivity contribution in [1.29, 1.82) is 0 Å². The highest BCUT2D eigenvalue weighted by Gasteiger charge is 2.38. The van der Waals surface area contributed by atoms with Gasteiger partial charge in [0.2, 0.25) is 0 Å². The van der Waals surface area contributed by atoms with Gasteiger partial charge in [-0.05, 0) is 87.8 Å². The molecule has 2 heterocycles. The van der Waals surface area contributed by atoms with E-state index in [9.17, 15) is 0 Å². The topological polar surface area (TPSA) is 30.7 Å². The van der Waals surface area contributed by atoms with Crippen molar-refractivity contribution in [3.8, 4) is 61.7 Å². The second-order valence-corrected chi connectivity index (χ2v) is 15.0. The molecule has 0 fully saturated rings. The summed E-state index contributed by atoms with van der Waals surface area (Å²) in [6, 6.07) is 58.6. The molecule has 0 atom stereocenters. The van der Waals surface area contributed by atoms with Gasteiger partial charge >= 0.3 is 0 Å². The highest BCUT2D eigenvalue weighted by Crippen LogP contribution is 2.52. The monoisotopic (exact) mass is 705 g/mol. The van der Waals surface area contributed by atoms with Gasteiger partial charge < -0.3 is 4.57 Å². The van der Waals surface area contributed by atoms with Crippen LogP contribution in [0.2, 0.25) is 0 Å². The predicted molar refractivity (Wildman–Crippen MR) is 230 cm³/mol. The van der Waals surface area contributed by atoms with Crippen LogP contribution in [0.1, 0.15) is 37.5 Å². The number of para-hydroxylation sites is 1. The van der Waals surface area contributed by atoms with Crippen LogP contribution < -0.4 is 0 Å². The molecule has 3 nitrogen and oxygen atoms in total. The van der Waals surface area contributed by atoms with Crippen molar-refractivity contribution in [3.63, 3.8) is 0 Å². The minimum Gasteiger partial charge on any atom is -0.316 e. The number of rotatable bonds is 6. The molecule has 0 saturated heterocycles. The van der Waals surface area contributed by atoms with Crippen LogP contribution in [0.3, 0.4) is 0 Å². The maximum atomic E-state index is 5.43. The molecule has 0 bridgehead atoms. The fourth-order valence-electron chi connectivity index (χ4n) is 8.76. The van der Waals surface area contributed by atoms with Crippen LogP contribution in [-0.4, -0.2) is 14.5 Å². The van der Waals surface area contributed by atoms with Gasteiger partial charge in [-0.15, -0.1) is 0 Å². The van der Waals surface area contributed by atoms with Crippen LogP contribution in [0.5, 0.6) is 0 Å². The number of hydrogen-bond donors (Lipinski definition) is 0. The maximum Gasteiger partial charge on any atom is 0.160 e. The summed E-state index contributed by atoms with van der Waals surface area (Å²) < 4.78 is 2.31. The smallest absolute Gasteiger partial charge is 0.160 e. The summed E-state index contributed by atoms with van der Waals surface area (Å²) in [5, 5.41) is 2.33. The fraction of sp³-hybridized carbons (Fsp3) is 0.0769. The number of benzene rings is 7. The second-order valence-electron chi connectivity index (χ2n) is 15.0. The third-order valence-corrected chi connectivity index (χ3v) is 11.3. The summed E-state index contributed by atoms with van der Waals surface area (Å²) in [5.41, 5.74) is 17.2. The van der Waals surface area contributed by atoms with Gasteiger partial charge in [0.15, 0.2) is 5.82 Å². The van der Waals surface area contributed by atoms with E-state index in [4.69, 9.17) is 9.97 Å². The third kappa shape index (κ3) is 5.34. The van der Waals surface area contributed by atoms with Gasteiger partial charge in [0.1, 0.15) is 0 Å². The summed E-state index contributed by atoms with van der Waals surface area (Å²) in [6.07, 6.45) is 6.58. The standard InChI is InChI=1S/C52H39N3/c1-4-16-34-17-11-12-24-40(34)44-33-55(39-22-9-6-10-23-39)47-30-27-37(32-43(44)47)36-20-15-21-38(31-36)51-53-46-29-28-42-41-25-13-14-26-45(41)52(2,3)49(42)48(46)50(54-51)35-18-7-5-8-19-35/h4-33H,1-3H3/b16-4-. The van der Waals surface area contributed by atoms with E-state index in [0.29, 0.717) is 0 Å². The molecule has 9 aromatic rings. The van der Waals surface area contributed by atoms with E-state index in [1.807, 2.05) is 0 Å².